The molecule has 2 atom stereocenters. The molecule has 0 bridgehead atoms. The van der Waals surface area contributed by atoms with Gasteiger partial charge in [-0.15, -0.1) is 24.0 Å². The number of aliphatic imine (C=N–C) groups is 1. The molecule has 2 heterocycles. The molecule has 0 aliphatic rings. The van der Waals surface area contributed by atoms with Crippen LogP contribution in [-0.2, 0) is 26.1 Å². The van der Waals surface area contributed by atoms with Gasteiger partial charge in [0.05, 0.1) is 5.69 Å². The molecule has 182 valence electrons. The largest absolute Gasteiger partial charge is 0.424 e. The zero-order valence-electron chi connectivity index (χ0n) is 19.3. The van der Waals surface area contributed by atoms with E-state index in [0.717, 1.165) is 17.0 Å². The molecule has 2 unspecified atom stereocenters. The second-order valence-electron chi connectivity index (χ2n) is 7.75. The normalized spacial score (nSPS) is 15.1. The second kappa shape index (κ2) is 11.3. The molecular weight excluding hydrogens is 538 g/mol. The molecule has 3 N–H and O–H groups in total. The summed E-state index contributed by atoms with van der Waals surface area (Å²) in [6.07, 6.45) is -2.24. The topological polar surface area (TPSA) is 92.3 Å². The van der Waals surface area contributed by atoms with Gasteiger partial charge in [-0.25, -0.2) is 4.98 Å². The Morgan fingerprint density at radius 2 is 1.94 bits per heavy atom. The third-order valence-electron chi connectivity index (χ3n) is 5.30. The number of alkyl halides is 3. The number of aryl methyl sites for hydroxylation is 3. The molecule has 0 spiro atoms. The quantitative estimate of drug-likeness (QED) is 0.258. The lowest BCUT2D eigenvalue weighted by atomic mass is 9.98. The Balaban J connectivity index is 0.00000512. The first-order valence-electron chi connectivity index (χ1n) is 10.2. The van der Waals surface area contributed by atoms with Crippen LogP contribution in [0.25, 0.3) is 0 Å². The third kappa shape index (κ3) is 6.36. The fraction of sp³-hybridized carbons (Fsp3) is 0.650. The Labute approximate surface area is 203 Å². The number of nitrogens with zero attached hydrogens (tertiary/aromatic N) is 5. The Morgan fingerprint density at radius 3 is 2.41 bits per heavy atom. The molecule has 0 saturated heterocycles. The average molecular weight is 571 g/mol. The number of imidazole rings is 1. The highest BCUT2D eigenvalue weighted by molar-refractivity contribution is 14.0. The van der Waals surface area contributed by atoms with Crippen LogP contribution in [-0.4, -0.2) is 55.7 Å². The number of nitrogens with one attached hydrogen (secondary N) is 2. The van der Waals surface area contributed by atoms with Gasteiger partial charge in [0.1, 0.15) is 5.82 Å². The summed E-state index contributed by atoms with van der Waals surface area (Å²) in [5.41, 5.74) is 0.0561. The van der Waals surface area contributed by atoms with Crippen LogP contribution in [0.1, 0.15) is 43.0 Å². The SMILES string of the molecule is CCNC(=NCCC(O)(c1nccn1C)C(F)(F)F)NC(C)Cc1c(C)nn(C)c1C.I. The number of hydrogen-bond acceptors (Lipinski definition) is 4. The number of aliphatic hydroxyl groups is 1. The first-order valence-corrected chi connectivity index (χ1v) is 10.2. The van der Waals surface area contributed by atoms with Gasteiger partial charge in [0, 0.05) is 57.7 Å². The first-order chi connectivity index (χ1) is 14.4. The molecule has 0 saturated carbocycles. The predicted octanol–water partition coefficient (Wildman–Crippen LogP) is 2.71. The van der Waals surface area contributed by atoms with Crippen molar-refractivity contribution >= 4 is 29.9 Å². The summed E-state index contributed by atoms with van der Waals surface area (Å²) < 4.78 is 44.0. The van der Waals surface area contributed by atoms with E-state index in [2.05, 4.69) is 25.7 Å². The van der Waals surface area contributed by atoms with E-state index < -0.39 is 24.0 Å². The fourth-order valence-corrected chi connectivity index (χ4v) is 3.50. The molecule has 0 aromatic carbocycles. The minimum Gasteiger partial charge on any atom is -0.374 e. The summed E-state index contributed by atoms with van der Waals surface area (Å²) in [4.78, 5) is 7.97. The van der Waals surface area contributed by atoms with E-state index in [0.29, 0.717) is 18.9 Å². The van der Waals surface area contributed by atoms with Gasteiger partial charge in [0.2, 0.25) is 5.60 Å². The van der Waals surface area contributed by atoms with Crippen molar-refractivity contribution in [1.29, 1.82) is 0 Å². The Kier molecular flexibility index (Phi) is 10.00. The molecule has 0 amide bonds. The van der Waals surface area contributed by atoms with Crippen molar-refractivity contribution < 1.29 is 18.3 Å². The van der Waals surface area contributed by atoms with Gasteiger partial charge in [-0.1, -0.05) is 0 Å². The first kappa shape index (κ1) is 28.2. The van der Waals surface area contributed by atoms with Gasteiger partial charge in [-0.2, -0.15) is 18.3 Å². The van der Waals surface area contributed by atoms with E-state index in [9.17, 15) is 18.3 Å². The second-order valence-corrected chi connectivity index (χ2v) is 7.75. The minimum absolute atomic E-state index is 0. The monoisotopic (exact) mass is 571 g/mol. The lowest BCUT2D eigenvalue weighted by Crippen LogP contribution is -2.46. The number of aromatic nitrogens is 4. The van der Waals surface area contributed by atoms with Crippen LogP contribution < -0.4 is 10.6 Å². The molecule has 0 aliphatic heterocycles. The summed E-state index contributed by atoms with van der Waals surface area (Å²) in [5, 5.41) is 21.1. The lowest BCUT2D eigenvalue weighted by molar-refractivity contribution is -0.272. The molecule has 2 aromatic heterocycles. The van der Waals surface area contributed by atoms with Crippen LogP contribution in [0, 0.1) is 13.8 Å². The van der Waals surface area contributed by atoms with Gasteiger partial charge < -0.3 is 20.3 Å². The van der Waals surface area contributed by atoms with Crippen molar-refractivity contribution in [3.05, 3.63) is 35.2 Å². The zero-order valence-corrected chi connectivity index (χ0v) is 21.6. The highest BCUT2D eigenvalue weighted by Gasteiger charge is 2.57. The van der Waals surface area contributed by atoms with E-state index >= 15 is 0 Å². The van der Waals surface area contributed by atoms with Crippen molar-refractivity contribution in [1.82, 2.24) is 30.0 Å². The maximum absolute atomic E-state index is 13.7. The number of halogens is 4. The van der Waals surface area contributed by atoms with E-state index in [4.69, 9.17) is 0 Å². The van der Waals surface area contributed by atoms with E-state index in [1.165, 1.54) is 24.0 Å². The molecular formula is C20H33F3IN7O. The Hall–Kier alpha value is -1.83. The molecule has 0 radical (unpaired) electrons. The molecule has 32 heavy (non-hydrogen) atoms. The van der Waals surface area contributed by atoms with Crippen molar-refractivity contribution in [2.24, 2.45) is 19.1 Å². The number of rotatable bonds is 8. The van der Waals surface area contributed by atoms with Crippen LogP contribution in [0.4, 0.5) is 13.2 Å². The predicted molar refractivity (Wildman–Crippen MR) is 128 cm³/mol. The average Bonchev–Trinajstić information content (AvgIpc) is 3.19. The van der Waals surface area contributed by atoms with Crippen LogP contribution in [0.15, 0.2) is 17.4 Å². The Morgan fingerprint density at radius 1 is 1.28 bits per heavy atom. The number of hydrogen-bond donors (Lipinski definition) is 3. The van der Waals surface area contributed by atoms with Gasteiger partial charge in [-0.05, 0) is 39.7 Å². The zero-order chi connectivity index (χ0) is 23.4. The van der Waals surface area contributed by atoms with Crippen molar-refractivity contribution in [3.8, 4) is 0 Å². The maximum Gasteiger partial charge on any atom is 0.424 e. The highest BCUT2D eigenvalue weighted by atomic mass is 127. The molecule has 2 rings (SSSR count). The van der Waals surface area contributed by atoms with Crippen LogP contribution in [0.2, 0.25) is 0 Å². The van der Waals surface area contributed by atoms with Crippen molar-refractivity contribution in [2.75, 3.05) is 13.1 Å². The Bertz CT molecular complexity index is 910. The summed E-state index contributed by atoms with van der Waals surface area (Å²) in [5.74, 6) is -0.0670. The standard InChI is InChI=1S/C20H32F3N7O.HI/c1-7-24-18(27-13(2)12-16-14(3)28-30(6)15(16)4)26-9-8-19(31,20(21,22)23)17-25-10-11-29(17)5;/h10-11,13,31H,7-9,12H2,1-6H3,(H2,24,26,27);1H. The smallest absolute Gasteiger partial charge is 0.374 e. The molecule has 0 aliphatic carbocycles. The van der Waals surface area contributed by atoms with E-state index in [1.54, 1.807) is 0 Å². The lowest BCUT2D eigenvalue weighted by Gasteiger charge is -2.29. The summed E-state index contributed by atoms with van der Waals surface area (Å²) in [7, 11) is 3.30. The number of guanidine groups is 1. The minimum atomic E-state index is -4.88. The summed E-state index contributed by atoms with van der Waals surface area (Å²) in [6.45, 7) is 8.10. The van der Waals surface area contributed by atoms with Crippen LogP contribution in [0.3, 0.4) is 0 Å². The van der Waals surface area contributed by atoms with Gasteiger partial charge in [-0.3, -0.25) is 9.67 Å². The van der Waals surface area contributed by atoms with Gasteiger partial charge in [0.25, 0.3) is 0 Å². The van der Waals surface area contributed by atoms with E-state index in [1.807, 2.05) is 39.4 Å². The van der Waals surface area contributed by atoms with Crippen LogP contribution in [0.5, 0.6) is 0 Å². The summed E-state index contributed by atoms with van der Waals surface area (Å²) >= 11 is 0. The van der Waals surface area contributed by atoms with E-state index in [-0.39, 0.29) is 36.6 Å². The fourth-order valence-electron chi connectivity index (χ4n) is 3.50. The maximum atomic E-state index is 13.7. The molecule has 2 aromatic rings. The summed E-state index contributed by atoms with van der Waals surface area (Å²) in [6, 6.07) is -0.0320. The highest BCUT2D eigenvalue weighted by Crippen LogP contribution is 2.40. The molecule has 8 nitrogen and oxygen atoms in total. The van der Waals surface area contributed by atoms with Gasteiger partial charge >= 0.3 is 6.18 Å². The molecule has 0 fully saturated rings. The van der Waals surface area contributed by atoms with Crippen LogP contribution >= 0.6 is 24.0 Å². The molecule has 12 heteroatoms. The van der Waals surface area contributed by atoms with Crippen molar-refractivity contribution in [2.45, 2.75) is 58.4 Å². The van der Waals surface area contributed by atoms with Gasteiger partial charge in [0.15, 0.2) is 5.96 Å². The van der Waals surface area contributed by atoms with Crippen molar-refractivity contribution in [3.63, 3.8) is 0 Å². The third-order valence-corrected chi connectivity index (χ3v) is 5.30.